The quantitative estimate of drug-likeness (QED) is 0.157. The van der Waals surface area contributed by atoms with Gasteiger partial charge in [0.05, 0.1) is 11.4 Å². The Morgan fingerprint density at radius 1 is 0.463 bits per heavy atom. The summed E-state index contributed by atoms with van der Waals surface area (Å²) in [6.45, 7) is 2.33. The molecular weight excluding hydrogens is 496 g/mol. The lowest BCUT2D eigenvalue weighted by Gasteiger charge is -2.36. The van der Waals surface area contributed by atoms with Gasteiger partial charge in [-0.15, -0.1) is 0 Å². The van der Waals surface area contributed by atoms with Crippen LogP contribution in [0.5, 0.6) is 0 Å². The Bertz CT molecular complexity index is 1780. The first-order valence-electron chi connectivity index (χ1n) is 14.4. The summed E-state index contributed by atoms with van der Waals surface area (Å²) < 4.78 is 0. The average molecular weight is 529 g/mol. The first-order valence-corrected chi connectivity index (χ1v) is 14.4. The predicted octanol–water partition coefficient (Wildman–Crippen LogP) is 11.1. The number of rotatable bonds is 6. The summed E-state index contributed by atoms with van der Waals surface area (Å²) in [6, 6.07) is 50.0. The van der Waals surface area contributed by atoms with Gasteiger partial charge in [-0.05, 0) is 48.9 Å². The van der Waals surface area contributed by atoms with E-state index in [2.05, 4.69) is 174 Å². The summed E-state index contributed by atoms with van der Waals surface area (Å²) in [5.74, 6) is 0.391. The molecule has 0 fully saturated rings. The topological polar surface area (TPSA) is 6.48 Å². The SMILES string of the molecule is CC1CC=CC=C1N(c1ccccc1)c1c2ccccc2c(N(c2ccccc2)c2ccccc2)c2ccccc12. The van der Waals surface area contributed by atoms with Crippen molar-refractivity contribution in [3.05, 3.63) is 163 Å². The molecule has 0 spiro atoms. The third-order valence-electron chi connectivity index (χ3n) is 8.02. The maximum atomic E-state index is 2.50. The lowest BCUT2D eigenvalue weighted by Crippen LogP contribution is -2.23. The average Bonchev–Trinajstić information content (AvgIpc) is 3.04. The zero-order valence-electron chi connectivity index (χ0n) is 23.2. The number of para-hydroxylation sites is 3. The van der Waals surface area contributed by atoms with Gasteiger partial charge in [-0.2, -0.15) is 0 Å². The lowest BCUT2D eigenvalue weighted by atomic mass is 9.92. The molecule has 0 radical (unpaired) electrons. The summed E-state index contributed by atoms with van der Waals surface area (Å²) in [4.78, 5) is 4.91. The summed E-state index contributed by atoms with van der Waals surface area (Å²) in [5.41, 5.74) is 7.17. The molecule has 0 N–H and O–H groups in total. The van der Waals surface area contributed by atoms with E-state index in [1.54, 1.807) is 0 Å². The smallest absolute Gasteiger partial charge is 0.0619 e. The number of anilines is 5. The third kappa shape index (κ3) is 4.48. The number of fused-ring (bicyclic) bond motifs is 2. The second-order valence-electron chi connectivity index (χ2n) is 10.6. The van der Waals surface area contributed by atoms with Gasteiger partial charge in [-0.25, -0.2) is 0 Å². The van der Waals surface area contributed by atoms with Crippen molar-refractivity contribution >= 4 is 50.0 Å². The summed E-state index contributed by atoms with van der Waals surface area (Å²) in [6.07, 6.45) is 7.79. The predicted molar refractivity (Wildman–Crippen MR) is 176 cm³/mol. The van der Waals surface area contributed by atoms with Crippen molar-refractivity contribution in [1.29, 1.82) is 0 Å². The molecule has 1 unspecified atom stereocenters. The van der Waals surface area contributed by atoms with E-state index in [-0.39, 0.29) is 0 Å². The molecule has 6 aromatic rings. The fourth-order valence-electron chi connectivity index (χ4n) is 6.14. The van der Waals surface area contributed by atoms with Crippen molar-refractivity contribution < 1.29 is 0 Å². The molecule has 7 rings (SSSR count). The van der Waals surface area contributed by atoms with Gasteiger partial charge in [-0.1, -0.05) is 122 Å². The van der Waals surface area contributed by atoms with Crippen LogP contribution in [-0.2, 0) is 0 Å². The molecule has 0 amide bonds. The Morgan fingerprint density at radius 3 is 1.24 bits per heavy atom. The Kier molecular flexibility index (Phi) is 6.58. The molecule has 0 aliphatic heterocycles. The second kappa shape index (κ2) is 10.8. The van der Waals surface area contributed by atoms with Gasteiger partial charge in [0.15, 0.2) is 0 Å². The highest BCUT2D eigenvalue weighted by molar-refractivity contribution is 6.22. The highest BCUT2D eigenvalue weighted by atomic mass is 15.2. The molecule has 1 aliphatic rings. The molecule has 0 saturated carbocycles. The Balaban J connectivity index is 1.61. The fourth-order valence-corrected chi connectivity index (χ4v) is 6.14. The van der Waals surface area contributed by atoms with E-state index in [0.717, 1.165) is 17.8 Å². The standard InChI is InChI=1S/C39H32N2/c1-29-17-11-16-28-37(29)41(32-22-9-4-10-23-32)39-35-26-14-12-24-33(35)38(34-25-13-15-27-36(34)39)40(30-18-5-2-6-19-30)31-20-7-3-8-21-31/h2-16,18-29H,17H2,1H3. The molecule has 41 heavy (non-hydrogen) atoms. The Morgan fingerprint density at radius 2 is 0.829 bits per heavy atom. The van der Waals surface area contributed by atoms with Crippen molar-refractivity contribution in [2.45, 2.75) is 13.3 Å². The zero-order chi connectivity index (χ0) is 27.6. The van der Waals surface area contributed by atoms with Crippen LogP contribution in [0.1, 0.15) is 13.3 Å². The molecule has 6 aromatic carbocycles. The minimum absolute atomic E-state index is 0.391. The normalized spacial score (nSPS) is 14.7. The molecule has 2 heteroatoms. The second-order valence-corrected chi connectivity index (χ2v) is 10.6. The molecule has 198 valence electrons. The van der Waals surface area contributed by atoms with Crippen LogP contribution in [0.15, 0.2) is 163 Å². The first kappa shape index (κ1) is 24.9. The van der Waals surface area contributed by atoms with Crippen LogP contribution >= 0.6 is 0 Å². The van der Waals surface area contributed by atoms with Crippen LogP contribution in [0.3, 0.4) is 0 Å². The molecular formula is C39H32N2. The van der Waals surface area contributed by atoms with E-state index in [1.165, 1.54) is 44.3 Å². The van der Waals surface area contributed by atoms with Crippen LogP contribution in [0.25, 0.3) is 21.5 Å². The van der Waals surface area contributed by atoms with Crippen molar-refractivity contribution in [2.75, 3.05) is 9.80 Å². The number of hydrogen-bond donors (Lipinski definition) is 0. The van der Waals surface area contributed by atoms with E-state index in [4.69, 9.17) is 0 Å². The largest absolute Gasteiger partial charge is 0.313 e. The zero-order valence-corrected chi connectivity index (χ0v) is 23.2. The van der Waals surface area contributed by atoms with E-state index < -0.39 is 0 Å². The summed E-state index contributed by atoms with van der Waals surface area (Å²) in [5, 5.41) is 4.89. The van der Waals surface area contributed by atoms with Gasteiger partial charge in [0.1, 0.15) is 0 Å². The molecule has 0 heterocycles. The van der Waals surface area contributed by atoms with Gasteiger partial charge in [0, 0.05) is 50.2 Å². The van der Waals surface area contributed by atoms with Crippen LogP contribution in [-0.4, -0.2) is 0 Å². The monoisotopic (exact) mass is 528 g/mol. The number of nitrogens with zero attached hydrogens (tertiary/aromatic N) is 2. The van der Waals surface area contributed by atoms with Crippen molar-refractivity contribution in [3.8, 4) is 0 Å². The fraction of sp³-hybridized carbons (Fsp3) is 0.0769. The van der Waals surface area contributed by atoms with Gasteiger partial charge < -0.3 is 9.80 Å². The molecule has 0 aromatic heterocycles. The van der Waals surface area contributed by atoms with E-state index in [9.17, 15) is 0 Å². The number of allylic oxidation sites excluding steroid dienone is 4. The maximum Gasteiger partial charge on any atom is 0.0619 e. The summed E-state index contributed by atoms with van der Waals surface area (Å²) >= 11 is 0. The van der Waals surface area contributed by atoms with Gasteiger partial charge >= 0.3 is 0 Å². The highest BCUT2D eigenvalue weighted by Crippen LogP contribution is 2.50. The minimum Gasteiger partial charge on any atom is -0.313 e. The molecule has 0 saturated heterocycles. The van der Waals surface area contributed by atoms with Crippen molar-refractivity contribution in [1.82, 2.24) is 0 Å². The van der Waals surface area contributed by atoms with Gasteiger partial charge in [0.25, 0.3) is 0 Å². The minimum atomic E-state index is 0.391. The van der Waals surface area contributed by atoms with Gasteiger partial charge in [0.2, 0.25) is 0 Å². The van der Waals surface area contributed by atoms with Crippen molar-refractivity contribution in [2.24, 2.45) is 5.92 Å². The highest BCUT2D eigenvalue weighted by Gasteiger charge is 2.27. The van der Waals surface area contributed by atoms with Crippen molar-refractivity contribution in [3.63, 3.8) is 0 Å². The molecule has 2 nitrogen and oxygen atoms in total. The Hall–Kier alpha value is -5.08. The van der Waals surface area contributed by atoms with Crippen LogP contribution in [0, 0.1) is 5.92 Å². The van der Waals surface area contributed by atoms with E-state index in [0.29, 0.717) is 5.92 Å². The van der Waals surface area contributed by atoms with Crippen LogP contribution < -0.4 is 9.80 Å². The lowest BCUT2D eigenvalue weighted by molar-refractivity contribution is 0.671. The number of hydrogen-bond acceptors (Lipinski definition) is 2. The molecule has 0 bridgehead atoms. The van der Waals surface area contributed by atoms with E-state index >= 15 is 0 Å². The third-order valence-corrected chi connectivity index (χ3v) is 8.02. The maximum absolute atomic E-state index is 2.50. The first-order chi connectivity index (χ1) is 20.3. The van der Waals surface area contributed by atoms with E-state index in [1.807, 2.05) is 0 Å². The van der Waals surface area contributed by atoms with Crippen LogP contribution in [0.4, 0.5) is 28.4 Å². The Labute approximate surface area is 242 Å². The van der Waals surface area contributed by atoms with Crippen LogP contribution in [0.2, 0.25) is 0 Å². The number of benzene rings is 6. The van der Waals surface area contributed by atoms with Gasteiger partial charge in [-0.3, -0.25) is 0 Å². The molecule has 1 aliphatic carbocycles. The summed E-state index contributed by atoms with van der Waals surface area (Å²) in [7, 11) is 0. The molecule has 1 atom stereocenters.